The molecule has 0 bridgehead atoms. The summed E-state index contributed by atoms with van der Waals surface area (Å²) in [6.07, 6.45) is -9.05. The predicted octanol–water partition coefficient (Wildman–Crippen LogP) is 5.28. The number of alkyl halides is 5. The monoisotopic (exact) mass is 395 g/mol. The highest BCUT2D eigenvalue weighted by molar-refractivity contribution is 6.10. The van der Waals surface area contributed by atoms with Crippen LogP contribution in [0.3, 0.4) is 0 Å². The molecular weight excluding hydrogens is 385 g/mol. The van der Waals surface area contributed by atoms with Crippen LogP contribution in [0.4, 0.5) is 22.0 Å². The molecule has 0 fully saturated rings. The Hall–Kier alpha value is -3.23. The van der Waals surface area contributed by atoms with Crippen LogP contribution < -0.4 is 9.47 Å². The summed E-state index contributed by atoms with van der Waals surface area (Å²) >= 11 is 0. The molecule has 9 heteroatoms. The van der Waals surface area contributed by atoms with Crippen LogP contribution >= 0.6 is 0 Å². The number of halogens is 5. The van der Waals surface area contributed by atoms with Crippen molar-refractivity contribution in [2.75, 3.05) is 0 Å². The number of hydrogen-bond donors (Lipinski definition) is 0. The van der Waals surface area contributed by atoms with Crippen molar-refractivity contribution in [3.8, 4) is 22.8 Å². The van der Waals surface area contributed by atoms with Crippen LogP contribution in [-0.4, -0.2) is 23.2 Å². The zero-order chi connectivity index (χ0) is 20.3. The van der Waals surface area contributed by atoms with E-state index >= 15 is 0 Å². The molecular formula is C19H10F5NO3. The molecule has 0 amide bonds. The summed E-state index contributed by atoms with van der Waals surface area (Å²) in [7, 11) is 0. The molecule has 4 nitrogen and oxygen atoms in total. The lowest BCUT2D eigenvalue weighted by molar-refractivity contribution is -0.286. The largest absolute Gasteiger partial charge is 0.586 e. The van der Waals surface area contributed by atoms with Gasteiger partial charge in [-0.2, -0.15) is 13.2 Å². The number of carbonyl (C=O) groups is 1. The Morgan fingerprint density at radius 3 is 2.36 bits per heavy atom. The minimum atomic E-state index is -5.13. The van der Waals surface area contributed by atoms with Crippen LogP contribution in [0.2, 0.25) is 0 Å². The van der Waals surface area contributed by atoms with E-state index in [1.807, 2.05) is 0 Å². The molecule has 3 aromatic rings. The molecule has 0 spiro atoms. The fraction of sp³-hybridized carbons (Fsp3) is 0.158. The third kappa shape index (κ3) is 2.83. The molecule has 0 unspecified atom stereocenters. The summed E-state index contributed by atoms with van der Waals surface area (Å²) in [6.45, 7) is 1.30. The summed E-state index contributed by atoms with van der Waals surface area (Å²) in [5, 5.41) is 0.0762. The SMILES string of the molecule is Cc1c(C(=O)C(F)(F)F)c(-c2ccccc2)nc2c3c(ccc12)OC(F)(F)O3. The number of aromatic nitrogens is 1. The highest BCUT2D eigenvalue weighted by Crippen LogP contribution is 2.47. The number of aryl methyl sites for hydroxylation is 1. The van der Waals surface area contributed by atoms with Crippen LogP contribution in [0.25, 0.3) is 22.2 Å². The number of ketones is 1. The lowest BCUT2D eigenvalue weighted by Gasteiger charge is -2.16. The quantitative estimate of drug-likeness (QED) is 0.438. The van der Waals surface area contributed by atoms with Crippen molar-refractivity contribution in [2.24, 2.45) is 0 Å². The molecule has 144 valence electrons. The predicted molar refractivity (Wildman–Crippen MR) is 88.5 cm³/mol. The fourth-order valence-corrected chi connectivity index (χ4v) is 3.12. The van der Waals surface area contributed by atoms with Gasteiger partial charge in [0.05, 0.1) is 11.3 Å². The topological polar surface area (TPSA) is 48.4 Å². The van der Waals surface area contributed by atoms with Gasteiger partial charge in [0, 0.05) is 10.9 Å². The van der Waals surface area contributed by atoms with Gasteiger partial charge < -0.3 is 9.47 Å². The lowest BCUT2D eigenvalue weighted by atomic mass is 9.94. The number of fused-ring (bicyclic) bond motifs is 3. The number of hydrogen-bond acceptors (Lipinski definition) is 4. The molecule has 1 aromatic heterocycles. The molecule has 0 atom stereocenters. The molecule has 0 N–H and O–H groups in total. The molecule has 0 aliphatic carbocycles. The van der Waals surface area contributed by atoms with Gasteiger partial charge in [-0.25, -0.2) is 4.98 Å². The third-order valence-electron chi connectivity index (χ3n) is 4.32. The summed E-state index contributed by atoms with van der Waals surface area (Å²) < 4.78 is 75.5. The van der Waals surface area contributed by atoms with Crippen molar-refractivity contribution < 1.29 is 36.2 Å². The normalized spacial score (nSPS) is 15.1. The Labute approximate surface area is 154 Å². The van der Waals surface area contributed by atoms with Crippen LogP contribution in [-0.2, 0) is 0 Å². The van der Waals surface area contributed by atoms with E-state index in [1.54, 1.807) is 18.2 Å². The summed E-state index contributed by atoms with van der Waals surface area (Å²) in [6, 6.07) is 10.1. The van der Waals surface area contributed by atoms with Crippen molar-refractivity contribution in [2.45, 2.75) is 19.4 Å². The van der Waals surface area contributed by atoms with Crippen molar-refractivity contribution in [1.29, 1.82) is 0 Å². The number of nitrogens with zero attached hydrogens (tertiary/aromatic N) is 1. The first-order valence-corrected chi connectivity index (χ1v) is 7.98. The Bertz CT molecular complexity index is 1110. The van der Waals surface area contributed by atoms with E-state index in [2.05, 4.69) is 14.5 Å². The molecule has 2 heterocycles. The number of carbonyl (C=O) groups excluding carboxylic acids is 1. The van der Waals surface area contributed by atoms with Crippen molar-refractivity contribution in [3.05, 3.63) is 53.6 Å². The minimum absolute atomic E-state index is 0.0483. The summed E-state index contributed by atoms with van der Waals surface area (Å²) in [5.41, 5.74) is -0.863. The van der Waals surface area contributed by atoms with Gasteiger partial charge in [-0.1, -0.05) is 30.3 Å². The first-order valence-electron chi connectivity index (χ1n) is 7.98. The van der Waals surface area contributed by atoms with Crippen LogP contribution in [0.15, 0.2) is 42.5 Å². The first kappa shape index (κ1) is 18.1. The van der Waals surface area contributed by atoms with Crippen molar-refractivity contribution >= 4 is 16.7 Å². The smallest absolute Gasteiger partial charge is 0.395 e. The van der Waals surface area contributed by atoms with Gasteiger partial charge in [0.2, 0.25) is 0 Å². The second kappa shape index (κ2) is 5.88. The van der Waals surface area contributed by atoms with Gasteiger partial charge >= 0.3 is 12.5 Å². The zero-order valence-corrected chi connectivity index (χ0v) is 14.1. The Balaban J connectivity index is 2.08. The maximum absolute atomic E-state index is 13.5. The van der Waals surface area contributed by atoms with Crippen LogP contribution in [0.1, 0.15) is 15.9 Å². The van der Waals surface area contributed by atoms with Gasteiger partial charge in [-0.15, -0.1) is 8.78 Å². The standard InChI is InChI=1S/C19H10F5NO3/c1-9-11-7-8-12-16(28-19(23,24)27-12)15(11)25-14(10-5-3-2-4-6-10)13(9)17(26)18(20,21)22/h2-8H,1H3. The summed E-state index contributed by atoms with van der Waals surface area (Å²) in [4.78, 5) is 16.2. The number of Topliss-reactive ketones (excluding diaryl/α,β-unsaturated/α-hetero) is 1. The van der Waals surface area contributed by atoms with Gasteiger partial charge in [0.1, 0.15) is 5.52 Å². The molecule has 28 heavy (non-hydrogen) atoms. The molecule has 1 aliphatic rings. The molecule has 2 aromatic carbocycles. The first-order chi connectivity index (χ1) is 13.1. The highest BCUT2D eigenvalue weighted by atomic mass is 19.4. The Morgan fingerprint density at radius 1 is 1.04 bits per heavy atom. The maximum atomic E-state index is 13.5. The Kier molecular flexibility index (Phi) is 3.81. The van der Waals surface area contributed by atoms with Gasteiger partial charge in [-0.3, -0.25) is 4.79 Å². The number of pyridine rings is 1. The number of benzene rings is 2. The van der Waals surface area contributed by atoms with Crippen LogP contribution in [0, 0.1) is 6.92 Å². The van der Waals surface area contributed by atoms with E-state index in [1.165, 1.54) is 25.1 Å². The average molecular weight is 395 g/mol. The van der Waals surface area contributed by atoms with Gasteiger partial charge in [-0.05, 0) is 24.6 Å². The minimum Gasteiger partial charge on any atom is -0.395 e. The van der Waals surface area contributed by atoms with Gasteiger partial charge in [0.25, 0.3) is 5.78 Å². The lowest BCUT2D eigenvalue weighted by Crippen LogP contribution is -2.26. The molecule has 0 saturated carbocycles. The van der Waals surface area contributed by atoms with E-state index in [0.29, 0.717) is 0 Å². The molecule has 4 rings (SSSR count). The zero-order valence-electron chi connectivity index (χ0n) is 14.1. The van der Waals surface area contributed by atoms with E-state index in [9.17, 15) is 26.7 Å². The molecule has 1 aliphatic heterocycles. The van der Waals surface area contributed by atoms with E-state index in [-0.39, 0.29) is 33.5 Å². The second-order valence-electron chi connectivity index (χ2n) is 6.11. The van der Waals surface area contributed by atoms with E-state index < -0.39 is 29.6 Å². The third-order valence-corrected chi connectivity index (χ3v) is 4.32. The molecule has 0 saturated heterocycles. The van der Waals surface area contributed by atoms with E-state index in [4.69, 9.17) is 0 Å². The summed E-state index contributed by atoms with van der Waals surface area (Å²) in [5.74, 6) is -2.76. The van der Waals surface area contributed by atoms with Gasteiger partial charge in [0.15, 0.2) is 11.5 Å². The number of ether oxygens (including phenoxy) is 2. The van der Waals surface area contributed by atoms with Crippen LogP contribution in [0.5, 0.6) is 11.5 Å². The average Bonchev–Trinajstić information content (AvgIpc) is 2.95. The maximum Gasteiger partial charge on any atom is 0.586 e. The highest BCUT2D eigenvalue weighted by Gasteiger charge is 2.46. The van der Waals surface area contributed by atoms with Crippen molar-refractivity contribution in [1.82, 2.24) is 4.98 Å². The number of rotatable bonds is 2. The fourth-order valence-electron chi connectivity index (χ4n) is 3.12. The molecule has 0 radical (unpaired) electrons. The van der Waals surface area contributed by atoms with Crippen molar-refractivity contribution in [3.63, 3.8) is 0 Å². The van der Waals surface area contributed by atoms with E-state index in [0.717, 1.165) is 6.07 Å². The second-order valence-corrected chi connectivity index (χ2v) is 6.11. The Morgan fingerprint density at radius 2 is 1.71 bits per heavy atom.